The van der Waals surface area contributed by atoms with Crippen molar-refractivity contribution in [3.8, 4) is 0 Å². The highest BCUT2D eigenvalue weighted by Gasteiger charge is 2.62. The van der Waals surface area contributed by atoms with Crippen molar-refractivity contribution in [1.29, 1.82) is 0 Å². The third kappa shape index (κ3) is 1.87. The predicted molar refractivity (Wildman–Crippen MR) is 86.3 cm³/mol. The van der Waals surface area contributed by atoms with E-state index in [4.69, 9.17) is 4.74 Å². The van der Waals surface area contributed by atoms with Crippen molar-refractivity contribution in [2.45, 2.75) is 43.7 Å². The summed E-state index contributed by atoms with van der Waals surface area (Å²) in [4.78, 5) is 23.1. The van der Waals surface area contributed by atoms with Crippen LogP contribution in [0.1, 0.15) is 32.1 Å². The molecule has 0 bridgehead atoms. The SMILES string of the molecule is O=c1[nH]cnc2ccc(NC3CCCC45OCCC4CC35)nc12. The molecule has 3 fully saturated rings. The Morgan fingerprint density at radius 1 is 1.35 bits per heavy atom. The molecule has 23 heavy (non-hydrogen) atoms. The summed E-state index contributed by atoms with van der Waals surface area (Å²) in [6, 6.07) is 4.16. The summed E-state index contributed by atoms with van der Waals surface area (Å²) in [5.74, 6) is 2.10. The maximum atomic E-state index is 11.9. The fraction of sp³-hybridized carbons (Fsp3) is 0.588. The Labute approximate surface area is 133 Å². The molecule has 3 heterocycles. The molecule has 120 valence electrons. The van der Waals surface area contributed by atoms with Crippen molar-refractivity contribution in [2.24, 2.45) is 11.8 Å². The van der Waals surface area contributed by atoms with E-state index in [2.05, 4.69) is 20.3 Å². The van der Waals surface area contributed by atoms with Gasteiger partial charge in [-0.25, -0.2) is 9.97 Å². The molecule has 0 radical (unpaired) electrons. The van der Waals surface area contributed by atoms with Gasteiger partial charge >= 0.3 is 0 Å². The number of hydrogen-bond acceptors (Lipinski definition) is 5. The number of ether oxygens (including phenoxy) is 1. The fourth-order valence-electron chi connectivity index (χ4n) is 4.99. The van der Waals surface area contributed by atoms with E-state index in [1.165, 1.54) is 32.0 Å². The number of nitrogens with zero attached hydrogens (tertiary/aromatic N) is 2. The fourth-order valence-corrected chi connectivity index (χ4v) is 4.99. The number of H-pyrrole nitrogens is 1. The highest BCUT2D eigenvalue weighted by Crippen LogP contribution is 2.59. The third-order valence-corrected chi connectivity index (χ3v) is 6.08. The van der Waals surface area contributed by atoms with Gasteiger partial charge in [0.2, 0.25) is 0 Å². The van der Waals surface area contributed by atoms with Gasteiger partial charge in [0.15, 0.2) is 5.52 Å². The highest BCUT2D eigenvalue weighted by atomic mass is 16.5. The number of rotatable bonds is 2. The van der Waals surface area contributed by atoms with E-state index in [9.17, 15) is 4.79 Å². The topological polar surface area (TPSA) is 79.9 Å². The van der Waals surface area contributed by atoms with Gasteiger partial charge in [-0.2, -0.15) is 0 Å². The highest BCUT2D eigenvalue weighted by molar-refractivity contribution is 5.74. The van der Waals surface area contributed by atoms with Crippen LogP contribution in [0.25, 0.3) is 11.0 Å². The molecule has 4 atom stereocenters. The zero-order chi connectivity index (χ0) is 15.4. The van der Waals surface area contributed by atoms with Crippen molar-refractivity contribution < 1.29 is 4.74 Å². The van der Waals surface area contributed by atoms with Gasteiger partial charge in [0.25, 0.3) is 5.56 Å². The third-order valence-electron chi connectivity index (χ3n) is 6.08. The average molecular weight is 312 g/mol. The van der Waals surface area contributed by atoms with Crippen LogP contribution in [0.3, 0.4) is 0 Å². The Morgan fingerprint density at radius 3 is 3.22 bits per heavy atom. The lowest BCUT2D eigenvalue weighted by Gasteiger charge is -2.57. The number of hydrogen-bond donors (Lipinski definition) is 2. The molecule has 2 saturated carbocycles. The molecule has 6 nitrogen and oxygen atoms in total. The minimum absolute atomic E-state index is 0.131. The van der Waals surface area contributed by atoms with E-state index in [0.29, 0.717) is 23.0 Å². The normalized spacial score (nSPS) is 35.4. The first kappa shape index (κ1) is 13.5. The number of fused-ring (bicyclic) bond motifs is 1. The van der Waals surface area contributed by atoms with Crippen molar-refractivity contribution in [2.75, 3.05) is 11.9 Å². The van der Waals surface area contributed by atoms with Crippen LogP contribution in [0, 0.1) is 11.8 Å². The Hall–Kier alpha value is -1.95. The second kappa shape index (κ2) is 4.77. The number of aromatic nitrogens is 3. The summed E-state index contributed by atoms with van der Waals surface area (Å²) in [6.07, 6.45) is 7.43. The average Bonchev–Trinajstić information content (AvgIpc) is 2.82. The van der Waals surface area contributed by atoms with Gasteiger partial charge in [0.1, 0.15) is 5.82 Å². The van der Waals surface area contributed by atoms with Crippen molar-refractivity contribution >= 4 is 16.9 Å². The summed E-state index contributed by atoms with van der Waals surface area (Å²) < 4.78 is 6.18. The van der Waals surface area contributed by atoms with Gasteiger partial charge in [0.05, 0.1) is 17.4 Å². The number of aromatic amines is 1. The van der Waals surface area contributed by atoms with Crippen LogP contribution in [-0.2, 0) is 4.74 Å². The van der Waals surface area contributed by atoms with E-state index in [-0.39, 0.29) is 11.2 Å². The number of anilines is 1. The minimum Gasteiger partial charge on any atom is -0.374 e. The molecule has 2 aromatic heterocycles. The molecule has 0 aromatic carbocycles. The van der Waals surface area contributed by atoms with E-state index in [1.807, 2.05) is 12.1 Å². The van der Waals surface area contributed by atoms with E-state index >= 15 is 0 Å². The predicted octanol–water partition coefficient (Wildman–Crippen LogP) is 2.08. The molecule has 2 aliphatic carbocycles. The lowest BCUT2D eigenvalue weighted by atomic mass is 9.53. The first-order chi connectivity index (χ1) is 11.3. The molecular weight excluding hydrogens is 292 g/mol. The largest absolute Gasteiger partial charge is 0.374 e. The first-order valence-corrected chi connectivity index (χ1v) is 8.51. The lowest BCUT2D eigenvalue weighted by molar-refractivity contribution is -0.160. The van der Waals surface area contributed by atoms with Crippen LogP contribution in [0.2, 0.25) is 0 Å². The summed E-state index contributed by atoms with van der Waals surface area (Å²) in [5, 5.41) is 3.57. The van der Waals surface area contributed by atoms with Gasteiger partial charge in [-0.05, 0) is 50.2 Å². The maximum absolute atomic E-state index is 11.9. The summed E-state index contributed by atoms with van der Waals surface area (Å²) in [7, 11) is 0. The van der Waals surface area contributed by atoms with Crippen LogP contribution in [0.4, 0.5) is 5.82 Å². The van der Waals surface area contributed by atoms with Crippen molar-refractivity contribution in [1.82, 2.24) is 15.0 Å². The van der Waals surface area contributed by atoms with Gasteiger partial charge in [-0.15, -0.1) is 0 Å². The molecule has 3 aliphatic rings. The van der Waals surface area contributed by atoms with Gasteiger partial charge in [0, 0.05) is 18.6 Å². The molecule has 1 saturated heterocycles. The molecule has 0 amide bonds. The second-order valence-electron chi connectivity index (χ2n) is 7.07. The Morgan fingerprint density at radius 2 is 2.30 bits per heavy atom. The lowest BCUT2D eigenvalue weighted by Crippen LogP contribution is -2.61. The Kier molecular flexibility index (Phi) is 2.80. The number of nitrogens with one attached hydrogen (secondary N) is 2. The molecular formula is C17H20N4O2. The zero-order valence-electron chi connectivity index (χ0n) is 12.9. The van der Waals surface area contributed by atoms with Crippen LogP contribution in [0.15, 0.2) is 23.3 Å². The summed E-state index contributed by atoms with van der Waals surface area (Å²) in [5.41, 5.74) is 0.960. The Bertz CT molecular complexity index is 820. The van der Waals surface area contributed by atoms with E-state index in [1.54, 1.807) is 0 Å². The Balaban J connectivity index is 1.43. The van der Waals surface area contributed by atoms with E-state index in [0.717, 1.165) is 24.8 Å². The van der Waals surface area contributed by atoms with Crippen LogP contribution < -0.4 is 10.9 Å². The second-order valence-corrected chi connectivity index (χ2v) is 7.07. The van der Waals surface area contributed by atoms with Crippen LogP contribution >= 0.6 is 0 Å². The molecule has 6 heteroatoms. The summed E-state index contributed by atoms with van der Waals surface area (Å²) in [6.45, 7) is 0.920. The standard InChI is InChI=1S/C17H20N4O2/c22-16-15-13(18-9-19-16)3-4-14(21-15)20-12-2-1-6-17-10(5-7-23-17)8-11(12)17/h3-4,9-12H,1-2,5-8H2,(H,20,21)(H,18,19,22). The van der Waals surface area contributed by atoms with Crippen LogP contribution in [-0.4, -0.2) is 33.2 Å². The van der Waals surface area contributed by atoms with Gasteiger partial charge in [-0.3, -0.25) is 4.79 Å². The molecule has 1 aliphatic heterocycles. The molecule has 2 N–H and O–H groups in total. The smallest absolute Gasteiger partial charge is 0.277 e. The quantitative estimate of drug-likeness (QED) is 0.887. The molecule has 1 spiro atoms. The monoisotopic (exact) mass is 312 g/mol. The minimum atomic E-state index is -0.193. The maximum Gasteiger partial charge on any atom is 0.277 e. The van der Waals surface area contributed by atoms with Gasteiger partial charge in [-0.1, -0.05) is 0 Å². The van der Waals surface area contributed by atoms with Crippen molar-refractivity contribution in [3.63, 3.8) is 0 Å². The number of pyridine rings is 1. The van der Waals surface area contributed by atoms with Crippen molar-refractivity contribution in [3.05, 3.63) is 28.8 Å². The first-order valence-electron chi connectivity index (χ1n) is 8.51. The molecule has 2 aromatic rings. The van der Waals surface area contributed by atoms with E-state index < -0.39 is 0 Å². The molecule has 5 rings (SSSR count). The molecule has 4 unspecified atom stereocenters. The summed E-state index contributed by atoms with van der Waals surface area (Å²) >= 11 is 0. The zero-order valence-corrected chi connectivity index (χ0v) is 12.9. The van der Waals surface area contributed by atoms with Crippen LogP contribution in [0.5, 0.6) is 0 Å². The van der Waals surface area contributed by atoms with Gasteiger partial charge < -0.3 is 15.0 Å².